The quantitative estimate of drug-likeness (QED) is 0.537. The molecule has 0 aromatic heterocycles. The first kappa shape index (κ1) is 15.8. The molecule has 2 heterocycles. The number of carbonyl (C=O) groups is 4. The van der Waals surface area contributed by atoms with Gasteiger partial charge in [0.15, 0.2) is 0 Å². The average Bonchev–Trinajstić information content (AvgIpc) is 3.00. The minimum absolute atomic E-state index is 0.324. The van der Waals surface area contributed by atoms with Gasteiger partial charge in [0.2, 0.25) is 0 Å². The third-order valence-electron chi connectivity index (χ3n) is 4.53. The van der Waals surface area contributed by atoms with Crippen LogP contribution in [0.1, 0.15) is 52.6 Å². The standard InChI is InChI=1S/C20H12N2O4/c1-21-17(23)13-7-5-11(9-15(13)19(21)25)3-4-12-6-8-14-16(10-12)20(26)22(2)18(14)24/h5-10H,1-2H3. The molecule has 2 aromatic rings. The zero-order chi connectivity index (χ0) is 18.6. The molecule has 4 amide bonds. The predicted molar refractivity (Wildman–Crippen MR) is 91.7 cm³/mol. The van der Waals surface area contributed by atoms with Crippen LogP contribution in [0.15, 0.2) is 36.4 Å². The van der Waals surface area contributed by atoms with Crippen molar-refractivity contribution in [3.63, 3.8) is 0 Å². The van der Waals surface area contributed by atoms with E-state index in [9.17, 15) is 19.2 Å². The summed E-state index contributed by atoms with van der Waals surface area (Å²) >= 11 is 0. The Morgan fingerprint density at radius 2 is 0.923 bits per heavy atom. The van der Waals surface area contributed by atoms with E-state index in [1.165, 1.54) is 14.1 Å². The van der Waals surface area contributed by atoms with Gasteiger partial charge in [0.25, 0.3) is 23.6 Å². The number of hydrogen-bond donors (Lipinski definition) is 0. The van der Waals surface area contributed by atoms with E-state index in [-0.39, 0.29) is 23.6 Å². The summed E-state index contributed by atoms with van der Waals surface area (Å²) in [5.74, 6) is 4.51. The van der Waals surface area contributed by atoms with E-state index in [4.69, 9.17) is 0 Å². The Morgan fingerprint density at radius 3 is 1.31 bits per heavy atom. The fraction of sp³-hybridized carbons (Fsp3) is 0.100. The number of amides is 4. The lowest BCUT2D eigenvalue weighted by atomic mass is 10.0. The van der Waals surface area contributed by atoms with Crippen LogP contribution in [0.5, 0.6) is 0 Å². The fourth-order valence-electron chi connectivity index (χ4n) is 3.02. The van der Waals surface area contributed by atoms with Gasteiger partial charge in [0, 0.05) is 25.2 Å². The summed E-state index contributed by atoms with van der Waals surface area (Å²) in [6.45, 7) is 0. The van der Waals surface area contributed by atoms with Crippen molar-refractivity contribution >= 4 is 23.6 Å². The maximum absolute atomic E-state index is 12.0. The highest BCUT2D eigenvalue weighted by atomic mass is 16.2. The summed E-state index contributed by atoms with van der Waals surface area (Å²) in [4.78, 5) is 50.0. The Bertz CT molecular complexity index is 1020. The SMILES string of the molecule is CN1C(=O)c2ccc(C#Cc3ccc4c(c3)C(=O)N(C)C4=O)cc2C1=O. The molecule has 26 heavy (non-hydrogen) atoms. The van der Waals surface area contributed by atoms with Gasteiger partial charge in [-0.3, -0.25) is 29.0 Å². The minimum atomic E-state index is -0.349. The molecule has 0 saturated carbocycles. The number of fused-ring (bicyclic) bond motifs is 2. The molecular formula is C20H12N2O4. The molecule has 0 atom stereocenters. The van der Waals surface area contributed by atoms with Crippen LogP contribution in [0.3, 0.4) is 0 Å². The van der Waals surface area contributed by atoms with Gasteiger partial charge < -0.3 is 0 Å². The Balaban J connectivity index is 1.69. The summed E-state index contributed by atoms with van der Waals surface area (Å²) in [5.41, 5.74) is 2.57. The molecule has 0 bridgehead atoms. The highest BCUT2D eigenvalue weighted by molar-refractivity contribution is 6.22. The molecule has 0 saturated heterocycles. The van der Waals surface area contributed by atoms with Gasteiger partial charge in [0.05, 0.1) is 22.3 Å². The van der Waals surface area contributed by atoms with Gasteiger partial charge in [-0.05, 0) is 36.4 Å². The normalized spacial score (nSPS) is 15.2. The summed E-state index contributed by atoms with van der Waals surface area (Å²) in [6.07, 6.45) is 0. The van der Waals surface area contributed by atoms with E-state index in [1.54, 1.807) is 36.4 Å². The Morgan fingerprint density at radius 1 is 0.577 bits per heavy atom. The molecule has 2 aliphatic rings. The van der Waals surface area contributed by atoms with Crippen LogP contribution in [0.2, 0.25) is 0 Å². The predicted octanol–water partition coefficient (Wildman–Crippen LogP) is 1.54. The van der Waals surface area contributed by atoms with Gasteiger partial charge in [-0.2, -0.15) is 0 Å². The maximum Gasteiger partial charge on any atom is 0.261 e. The highest BCUT2D eigenvalue weighted by Crippen LogP contribution is 2.24. The third-order valence-corrected chi connectivity index (χ3v) is 4.53. The topological polar surface area (TPSA) is 74.8 Å². The molecule has 2 aliphatic heterocycles. The maximum atomic E-state index is 12.0. The van der Waals surface area contributed by atoms with Crippen molar-refractivity contribution in [1.29, 1.82) is 0 Å². The molecule has 0 unspecified atom stereocenters. The van der Waals surface area contributed by atoms with Gasteiger partial charge in [-0.1, -0.05) is 11.8 Å². The monoisotopic (exact) mass is 344 g/mol. The van der Waals surface area contributed by atoms with Crippen LogP contribution in [-0.2, 0) is 0 Å². The van der Waals surface area contributed by atoms with Gasteiger partial charge in [-0.25, -0.2) is 0 Å². The van der Waals surface area contributed by atoms with Gasteiger partial charge in [-0.15, -0.1) is 0 Å². The van der Waals surface area contributed by atoms with E-state index in [0.717, 1.165) is 9.80 Å². The molecule has 4 rings (SSSR count). The number of benzene rings is 2. The molecule has 126 valence electrons. The van der Waals surface area contributed by atoms with Crippen LogP contribution < -0.4 is 0 Å². The van der Waals surface area contributed by atoms with Crippen molar-refractivity contribution in [2.75, 3.05) is 14.1 Å². The summed E-state index contributed by atoms with van der Waals surface area (Å²) in [7, 11) is 2.88. The molecule has 0 radical (unpaired) electrons. The Kier molecular flexibility index (Phi) is 3.28. The molecular weight excluding hydrogens is 332 g/mol. The second-order valence-electron chi connectivity index (χ2n) is 6.11. The molecule has 6 heteroatoms. The van der Waals surface area contributed by atoms with E-state index in [2.05, 4.69) is 11.8 Å². The second-order valence-corrected chi connectivity index (χ2v) is 6.11. The number of hydrogen-bond acceptors (Lipinski definition) is 4. The third kappa shape index (κ3) is 2.15. The number of carbonyl (C=O) groups excluding carboxylic acids is 4. The van der Waals surface area contributed by atoms with Crippen molar-refractivity contribution in [1.82, 2.24) is 9.80 Å². The van der Waals surface area contributed by atoms with E-state index in [0.29, 0.717) is 33.4 Å². The van der Waals surface area contributed by atoms with Crippen molar-refractivity contribution in [2.24, 2.45) is 0 Å². The lowest BCUT2D eigenvalue weighted by molar-refractivity contribution is 0.0677. The zero-order valence-corrected chi connectivity index (χ0v) is 14.0. The molecule has 0 aliphatic carbocycles. The summed E-state index contributed by atoms with van der Waals surface area (Å²) in [6, 6.07) is 9.69. The molecule has 2 aromatic carbocycles. The van der Waals surface area contributed by atoms with Gasteiger partial charge >= 0.3 is 0 Å². The molecule has 0 spiro atoms. The largest absolute Gasteiger partial charge is 0.277 e. The average molecular weight is 344 g/mol. The first-order valence-corrected chi connectivity index (χ1v) is 7.83. The van der Waals surface area contributed by atoms with Crippen molar-refractivity contribution < 1.29 is 19.2 Å². The Hall–Kier alpha value is -3.72. The van der Waals surface area contributed by atoms with Gasteiger partial charge in [0.1, 0.15) is 0 Å². The van der Waals surface area contributed by atoms with E-state index in [1.807, 2.05) is 0 Å². The van der Waals surface area contributed by atoms with E-state index < -0.39 is 0 Å². The lowest BCUT2D eigenvalue weighted by Crippen LogP contribution is -2.24. The highest BCUT2D eigenvalue weighted by Gasteiger charge is 2.33. The van der Waals surface area contributed by atoms with Crippen molar-refractivity contribution in [3.05, 3.63) is 69.8 Å². The summed E-state index contributed by atoms with van der Waals surface area (Å²) in [5, 5.41) is 0. The van der Waals surface area contributed by atoms with E-state index >= 15 is 0 Å². The van der Waals surface area contributed by atoms with Crippen LogP contribution in [0, 0.1) is 11.8 Å². The van der Waals surface area contributed by atoms with Crippen LogP contribution in [0.25, 0.3) is 0 Å². The minimum Gasteiger partial charge on any atom is -0.277 e. The number of nitrogens with zero attached hydrogens (tertiary/aromatic N) is 2. The van der Waals surface area contributed by atoms with Crippen LogP contribution in [0.4, 0.5) is 0 Å². The number of imide groups is 2. The molecule has 0 N–H and O–H groups in total. The molecule has 0 fully saturated rings. The zero-order valence-electron chi connectivity index (χ0n) is 14.0. The smallest absolute Gasteiger partial charge is 0.261 e. The van der Waals surface area contributed by atoms with Crippen molar-refractivity contribution in [3.8, 4) is 11.8 Å². The fourth-order valence-corrected chi connectivity index (χ4v) is 3.02. The summed E-state index contributed by atoms with van der Waals surface area (Å²) < 4.78 is 0. The van der Waals surface area contributed by atoms with Crippen molar-refractivity contribution in [2.45, 2.75) is 0 Å². The van der Waals surface area contributed by atoms with Crippen LogP contribution in [-0.4, -0.2) is 47.5 Å². The first-order valence-electron chi connectivity index (χ1n) is 7.83. The number of rotatable bonds is 0. The van der Waals surface area contributed by atoms with Crippen LogP contribution >= 0.6 is 0 Å². The molecule has 6 nitrogen and oxygen atoms in total. The Labute approximate surface area is 149 Å². The second kappa shape index (κ2) is 5.39. The first-order chi connectivity index (χ1) is 12.4. The lowest BCUT2D eigenvalue weighted by Gasteiger charge is -2.02.